The third-order valence-electron chi connectivity index (χ3n) is 3.16. The summed E-state index contributed by atoms with van der Waals surface area (Å²) < 4.78 is 5.08. The monoisotopic (exact) mass is 239 g/mol. The second-order valence-electron chi connectivity index (χ2n) is 4.37. The lowest BCUT2D eigenvalue weighted by molar-refractivity contribution is 0.0967. The highest BCUT2D eigenvalue weighted by molar-refractivity contribution is 5.51. The number of piperidine rings is 1. The Morgan fingerprint density at radius 3 is 3.06 bits per heavy atom. The zero-order valence-electron chi connectivity index (χ0n) is 10.0. The Bertz CT molecular complexity index is 446. The second kappa shape index (κ2) is 4.75. The van der Waals surface area contributed by atoms with Gasteiger partial charge in [-0.05, 0) is 12.3 Å². The molecule has 0 saturated carbocycles. The van der Waals surface area contributed by atoms with Gasteiger partial charge in [0.05, 0.1) is 19.5 Å². The summed E-state index contributed by atoms with van der Waals surface area (Å²) in [6.07, 6.45) is 1.77. The van der Waals surface area contributed by atoms with Gasteiger partial charge < -0.3 is 19.7 Å². The number of methoxy groups -OCH3 is 1. The summed E-state index contributed by atoms with van der Waals surface area (Å²) in [6.45, 7) is 3.34. The molecule has 1 aliphatic rings. The summed E-state index contributed by atoms with van der Waals surface area (Å²) in [6, 6.07) is 0. The normalized spacial score (nSPS) is 24.8. The number of anilines is 1. The number of H-pyrrole nitrogens is 1. The van der Waals surface area contributed by atoms with Crippen molar-refractivity contribution >= 4 is 5.82 Å². The smallest absolute Gasteiger partial charge is 0.295 e. The topological polar surface area (TPSA) is 78.5 Å². The number of hydrogen-bond donors (Lipinski definition) is 2. The number of hydrogen-bond acceptors (Lipinski definition) is 5. The van der Waals surface area contributed by atoms with Crippen molar-refractivity contribution < 1.29 is 9.84 Å². The molecule has 1 aromatic heterocycles. The van der Waals surface area contributed by atoms with Gasteiger partial charge in [0.25, 0.3) is 5.56 Å². The maximum atomic E-state index is 11.6. The van der Waals surface area contributed by atoms with Gasteiger partial charge in [-0.2, -0.15) is 0 Å². The quantitative estimate of drug-likeness (QED) is 0.758. The standard InChI is InChI=1S/C11H17N3O3/c1-7-5-14(4-3-8(7)15)10-9(17-2)11(16)13-6-12-10/h6-8,15H,3-5H2,1-2H3,(H,12,13,16). The van der Waals surface area contributed by atoms with Gasteiger partial charge in [-0.3, -0.25) is 4.79 Å². The van der Waals surface area contributed by atoms with Crippen molar-refractivity contribution in [3.8, 4) is 5.75 Å². The number of rotatable bonds is 2. The van der Waals surface area contributed by atoms with Gasteiger partial charge >= 0.3 is 0 Å². The van der Waals surface area contributed by atoms with Crippen molar-refractivity contribution in [2.24, 2.45) is 5.92 Å². The average molecular weight is 239 g/mol. The first-order valence-corrected chi connectivity index (χ1v) is 5.68. The van der Waals surface area contributed by atoms with Crippen LogP contribution >= 0.6 is 0 Å². The Balaban J connectivity index is 2.29. The molecule has 2 unspecified atom stereocenters. The molecule has 1 aromatic rings. The maximum Gasteiger partial charge on any atom is 0.295 e. The van der Waals surface area contributed by atoms with E-state index < -0.39 is 0 Å². The molecule has 2 atom stereocenters. The van der Waals surface area contributed by atoms with Crippen LogP contribution < -0.4 is 15.2 Å². The van der Waals surface area contributed by atoms with Crippen molar-refractivity contribution in [3.05, 3.63) is 16.7 Å². The lowest BCUT2D eigenvalue weighted by Crippen LogP contribution is -2.42. The number of nitrogens with zero attached hydrogens (tertiary/aromatic N) is 2. The van der Waals surface area contributed by atoms with Crippen LogP contribution in [-0.2, 0) is 0 Å². The lowest BCUT2D eigenvalue weighted by Gasteiger charge is -2.35. The molecule has 0 bridgehead atoms. The van der Waals surface area contributed by atoms with Crippen LogP contribution in [0.15, 0.2) is 11.1 Å². The molecule has 0 radical (unpaired) electrons. The molecule has 0 aromatic carbocycles. The van der Waals surface area contributed by atoms with Crippen molar-refractivity contribution in [3.63, 3.8) is 0 Å². The fourth-order valence-electron chi connectivity index (χ4n) is 2.11. The predicted octanol–water partition coefficient (Wildman–Crippen LogP) is -0.0144. The van der Waals surface area contributed by atoms with Crippen LogP contribution in [0.4, 0.5) is 5.82 Å². The number of aromatic amines is 1. The van der Waals surface area contributed by atoms with Crippen LogP contribution in [0.25, 0.3) is 0 Å². The molecule has 2 rings (SSSR count). The van der Waals surface area contributed by atoms with Crippen molar-refractivity contribution in [2.45, 2.75) is 19.4 Å². The van der Waals surface area contributed by atoms with E-state index in [2.05, 4.69) is 9.97 Å². The number of aliphatic hydroxyl groups excluding tert-OH is 1. The van der Waals surface area contributed by atoms with Crippen molar-refractivity contribution in [1.82, 2.24) is 9.97 Å². The van der Waals surface area contributed by atoms with E-state index in [0.29, 0.717) is 25.3 Å². The van der Waals surface area contributed by atoms with E-state index in [1.807, 2.05) is 11.8 Å². The fraction of sp³-hybridized carbons (Fsp3) is 0.636. The maximum absolute atomic E-state index is 11.6. The van der Waals surface area contributed by atoms with E-state index in [1.165, 1.54) is 13.4 Å². The zero-order valence-corrected chi connectivity index (χ0v) is 10.0. The first-order valence-electron chi connectivity index (χ1n) is 5.68. The van der Waals surface area contributed by atoms with E-state index in [9.17, 15) is 9.90 Å². The highest BCUT2D eigenvalue weighted by atomic mass is 16.5. The van der Waals surface area contributed by atoms with Gasteiger partial charge in [-0.1, -0.05) is 6.92 Å². The van der Waals surface area contributed by atoms with Gasteiger partial charge in [0.2, 0.25) is 5.75 Å². The molecule has 2 heterocycles. The number of aromatic nitrogens is 2. The minimum atomic E-state index is -0.281. The summed E-state index contributed by atoms with van der Waals surface area (Å²) >= 11 is 0. The molecule has 0 aliphatic carbocycles. The molecule has 1 aliphatic heterocycles. The van der Waals surface area contributed by atoms with Crippen LogP contribution in [0.3, 0.4) is 0 Å². The molecule has 6 nitrogen and oxygen atoms in total. The second-order valence-corrected chi connectivity index (χ2v) is 4.37. The van der Waals surface area contributed by atoms with Gasteiger partial charge in [0.1, 0.15) is 0 Å². The Morgan fingerprint density at radius 1 is 1.65 bits per heavy atom. The van der Waals surface area contributed by atoms with Gasteiger partial charge in [0.15, 0.2) is 5.82 Å². The predicted molar refractivity (Wildman–Crippen MR) is 63.4 cm³/mol. The summed E-state index contributed by atoms with van der Waals surface area (Å²) in [5.41, 5.74) is -0.281. The van der Waals surface area contributed by atoms with Gasteiger partial charge in [-0.25, -0.2) is 4.98 Å². The highest BCUT2D eigenvalue weighted by Gasteiger charge is 2.27. The molecular weight excluding hydrogens is 222 g/mol. The fourth-order valence-corrected chi connectivity index (χ4v) is 2.11. The van der Waals surface area contributed by atoms with E-state index in [-0.39, 0.29) is 23.3 Å². The lowest BCUT2D eigenvalue weighted by atomic mass is 9.97. The van der Waals surface area contributed by atoms with Crippen LogP contribution in [0.2, 0.25) is 0 Å². The zero-order chi connectivity index (χ0) is 12.4. The van der Waals surface area contributed by atoms with E-state index in [4.69, 9.17) is 4.74 Å². The molecular formula is C11H17N3O3. The van der Waals surface area contributed by atoms with Crippen LogP contribution in [0.5, 0.6) is 5.75 Å². The molecule has 17 heavy (non-hydrogen) atoms. The van der Waals surface area contributed by atoms with Crippen LogP contribution in [0.1, 0.15) is 13.3 Å². The molecule has 94 valence electrons. The highest BCUT2D eigenvalue weighted by Crippen LogP contribution is 2.26. The molecule has 1 saturated heterocycles. The minimum Gasteiger partial charge on any atom is -0.489 e. The van der Waals surface area contributed by atoms with Crippen LogP contribution in [0, 0.1) is 5.92 Å². The first kappa shape index (κ1) is 11.9. The van der Waals surface area contributed by atoms with E-state index in [1.54, 1.807) is 0 Å². The van der Waals surface area contributed by atoms with E-state index in [0.717, 1.165) is 0 Å². The Morgan fingerprint density at radius 2 is 2.41 bits per heavy atom. The summed E-state index contributed by atoms with van der Waals surface area (Å²) in [5, 5.41) is 9.68. The number of nitrogens with one attached hydrogen (secondary N) is 1. The summed E-state index contributed by atoms with van der Waals surface area (Å²) in [4.78, 5) is 20.2. The molecule has 1 fully saturated rings. The van der Waals surface area contributed by atoms with Crippen LogP contribution in [-0.4, -0.2) is 41.4 Å². The SMILES string of the molecule is COc1c(N2CCC(O)C(C)C2)nc[nH]c1=O. The number of ether oxygens (including phenoxy) is 1. The van der Waals surface area contributed by atoms with Crippen molar-refractivity contribution in [1.29, 1.82) is 0 Å². The third kappa shape index (κ3) is 2.26. The summed E-state index contributed by atoms with van der Waals surface area (Å²) in [5.74, 6) is 0.945. The van der Waals surface area contributed by atoms with E-state index >= 15 is 0 Å². The Labute approximate surface area is 99.2 Å². The first-order chi connectivity index (χ1) is 8.13. The summed E-state index contributed by atoms with van der Waals surface area (Å²) in [7, 11) is 1.46. The molecule has 2 N–H and O–H groups in total. The Kier molecular flexibility index (Phi) is 3.33. The Hall–Kier alpha value is -1.56. The molecule has 0 spiro atoms. The van der Waals surface area contributed by atoms with Crippen molar-refractivity contribution in [2.75, 3.05) is 25.1 Å². The van der Waals surface area contributed by atoms with Gasteiger partial charge in [-0.15, -0.1) is 0 Å². The molecule has 0 amide bonds. The third-order valence-corrected chi connectivity index (χ3v) is 3.16. The minimum absolute atomic E-state index is 0.162. The average Bonchev–Trinajstić information content (AvgIpc) is 2.32. The molecule has 6 heteroatoms. The largest absolute Gasteiger partial charge is 0.489 e. The van der Waals surface area contributed by atoms with Gasteiger partial charge in [0, 0.05) is 13.1 Å². The number of aliphatic hydroxyl groups is 1.